The Morgan fingerprint density at radius 2 is 1.72 bits per heavy atom. The Hall–Kier alpha value is -1.43. The zero-order valence-corrected chi connectivity index (χ0v) is 15.9. The highest BCUT2D eigenvalue weighted by molar-refractivity contribution is 9.10. The number of hydrogen-bond donors (Lipinski definition) is 6. The van der Waals surface area contributed by atoms with Crippen LogP contribution in [0.1, 0.15) is 19.4 Å². The zero-order chi connectivity index (χ0) is 19.4. The second-order valence-electron chi connectivity index (χ2n) is 5.58. The first kappa shape index (κ1) is 21.6. The average molecular weight is 423 g/mol. The van der Waals surface area contributed by atoms with Crippen LogP contribution in [0.3, 0.4) is 0 Å². The van der Waals surface area contributed by atoms with Gasteiger partial charge in [-0.05, 0) is 28.1 Å². The molecule has 0 bridgehead atoms. The predicted octanol–water partition coefficient (Wildman–Crippen LogP) is -0.439. The maximum atomic E-state index is 11.5. The molecule has 142 valence electrons. The Morgan fingerprint density at radius 3 is 2.20 bits per heavy atom. The van der Waals surface area contributed by atoms with Crippen LogP contribution in [0, 0.1) is 5.92 Å². The van der Waals surface area contributed by atoms with E-state index in [0.29, 0.717) is 4.47 Å². The Labute approximate surface area is 153 Å². The second-order valence-corrected chi connectivity index (χ2v) is 6.44. The highest BCUT2D eigenvalue weighted by Gasteiger charge is 2.51. The number of amides is 1. The maximum Gasteiger partial charge on any atom is 0.285 e. The number of methoxy groups -OCH3 is 2. The van der Waals surface area contributed by atoms with Gasteiger partial charge in [0.05, 0.1) is 30.9 Å². The maximum absolute atomic E-state index is 11.5. The molecular formula is C15H23BrN2O7. The molecule has 0 spiro atoms. The van der Waals surface area contributed by atoms with Crippen LogP contribution in [0.15, 0.2) is 16.6 Å². The molecule has 0 radical (unpaired) electrons. The van der Waals surface area contributed by atoms with Gasteiger partial charge in [0.1, 0.15) is 11.5 Å². The second kappa shape index (κ2) is 8.30. The number of hydrogen-bond acceptors (Lipinski definition) is 8. The van der Waals surface area contributed by atoms with Crippen molar-refractivity contribution in [3.05, 3.63) is 22.2 Å². The average Bonchev–Trinajstić information content (AvgIpc) is 2.53. The number of nitrogens with one attached hydrogen (secondary N) is 2. The van der Waals surface area contributed by atoms with Crippen molar-refractivity contribution in [2.45, 2.75) is 25.5 Å². The molecule has 0 fully saturated rings. The van der Waals surface area contributed by atoms with Gasteiger partial charge < -0.3 is 35.2 Å². The van der Waals surface area contributed by atoms with E-state index in [-0.39, 0.29) is 28.9 Å². The van der Waals surface area contributed by atoms with Crippen LogP contribution in [0.5, 0.6) is 11.5 Å². The molecule has 6 N–H and O–H groups in total. The summed E-state index contributed by atoms with van der Waals surface area (Å²) >= 11 is 3.21. The van der Waals surface area contributed by atoms with E-state index in [1.54, 1.807) is 13.8 Å². The molecule has 1 amide bonds. The normalized spacial score (nSPS) is 12.2. The number of carbonyl (C=O) groups excluding carboxylic acids is 1. The molecule has 10 heteroatoms. The summed E-state index contributed by atoms with van der Waals surface area (Å²) in [7, 11) is 2.64. The summed E-state index contributed by atoms with van der Waals surface area (Å²) in [5.41, 5.74) is -0.359. The number of benzene rings is 1. The SMILES string of the molecule is COc1cc(C(O)(O)C(O)(O)NCNC(=O)C(C)C)c(OC)cc1Br. The first-order valence-corrected chi connectivity index (χ1v) is 8.11. The molecule has 0 aliphatic rings. The van der Waals surface area contributed by atoms with Crippen LogP contribution in [-0.2, 0) is 10.6 Å². The Kier molecular flexibility index (Phi) is 7.18. The van der Waals surface area contributed by atoms with Crippen molar-refractivity contribution in [1.82, 2.24) is 10.6 Å². The van der Waals surface area contributed by atoms with Gasteiger partial charge in [-0.15, -0.1) is 0 Å². The van der Waals surface area contributed by atoms with E-state index in [2.05, 4.69) is 26.6 Å². The standard InChI is InChI=1S/C15H23BrN2O7/c1-8(2)13(19)17-7-18-15(22,23)14(20,21)9-5-12(25-4)10(16)6-11(9)24-3/h5-6,8,18,20-23H,7H2,1-4H3,(H,17,19). The summed E-state index contributed by atoms with van der Waals surface area (Å²) < 4.78 is 10.6. The molecule has 0 unspecified atom stereocenters. The van der Waals surface area contributed by atoms with E-state index in [0.717, 1.165) is 0 Å². The molecule has 0 heterocycles. The van der Waals surface area contributed by atoms with Gasteiger partial charge in [-0.25, -0.2) is 5.32 Å². The highest BCUT2D eigenvalue weighted by atomic mass is 79.9. The molecule has 0 saturated carbocycles. The molecule has 0 saturated heterocycles. The summed E-state index contributed by atoms with van der Waals surface area (Å²) in [4.78, 5) is 11.5. The quantitative estimate of drug-likeness (QED) is 0.310. The van der Waals surface area contributed by atoms with Gasteiger partial charge in [-0.2, -0.15) is 0 Å². The molecule has 0 aliphatic heterocycles. The molecule has 25 heavy (non-hydrogen) atoms. The largest absolute Gasteiger partial charge is 0.496 e. The van der Waals surface area contributed by atoms with Crippen LogP contribution in [0.2, 0.25) is 0 Å². The minimum atomic E-state index is -3.20. The first-order chi connectivity index (χ1) is 11.5. The first-order valence-electron chi connectivity index (χ1n) is 7.32. The lowest BCUT2D eigenvalue weighted by molar-refractivity contribution is -0.379. The number of carbonyl (C=O) groups is 1. The summed E-state index contributed by atoms with van der Waals surface area (Å²) in [5.74, 6) is -6.88. The molecule has 1 aromatic rings. The third-order valence-corrected chi connectivity index (χ3v) is 4.08. The smallest absolute Gasteiger partial charge is 0.285 e. The van der Waals surface area contributed by atoms with E-state index < -0.39 is 18.4 Å². The van der Waals surface area contributed by atoms with Crippen LogP contribution in [0.25, 0.3) is 0 Å². The van der Waals surface area contributed by atoms with Crippen LogP contribution >= 0.6 is 15.9 Å². The number of halogens is 1. The number of aliphatic hydroxyl groups is 4. The summed E-state index contributed by atoms with van der Waals surface area (Å²) in [6, 6.07) is 2.56. The topological polar surface area (TPSA) is 141 Å². The lowest BCUT2D eigenvalue weighted by Crippen LogP contribution is -2.63. The lowest BCUT2D eigenvalue weighted by atomic mass is 10.0. The molecule has 9 nitrogen and oxygen atoms in total. The summed E-state index contributed by atoms with van der Waals surface area (Å²) in [6.07, 6.45) is 0. The molecule has 0 atom stereocenters. The van der Waals surface area contributed by atoms with E-state index in [4.69, 9.17) is 9.47 Å². The number of rotatable bonds is 8. The Balaban J connectivity index is 3.10. The monoisotopic (exact) mass is 422 g/mol. The highest BCUT2D eigenvalue weighted by Crippen LogP contribution is 2.40. The van der Waals surface area contributed by atoms with E-state index in [9.17, 15) is 25.2 Å². The van der Waals surface area contributed by atoms with Crippen molar-refractivity contribution >= 4 is 21.8 Å². The van der Waals surface area contributed by atoms with E-state index in [1.807, 2.05) is 0 Å². The van der Waals surface area contributed by atoms with Crippen LogP contribution in [0.4, 0.5) is 0 Å². The van der Waals surface area contributed by atoms with Gasteiger partial charge in [0, 0.05) is 5.92 Å². The minimum Gasteiger partial charge on any atom is -0.496 e. The molecule has 1 aromatic carbocycles. The van der Waals surface area contributed by atoms with Crippen LogP contribution in [-0.4, -0.2) is 53.1 Å². The molecular weight excluding hydrogens is 400 g/mol. The zero-order valence-electron chi connectivity index (χ0n) is 14.3. The molecule has 0 aromatic heterocycles. The van der Waals surface area contributed by atoms with Crippen molar-refractivity contribution < 1.29 is 34.7 Å². The molecule has 1 rings (SSSR count). The third kappa shape index (κ3) is 4.81. The Bertz CT molecular complexity index is 620. The van der Waals surface area contributed by atoms with Crippen LogP contribution < -0.4 is 20.1 Å². The van der Waals surface area contributed by atoms with Gasteiger partial charge >= 0.3 is 0 Å². The van der Waals surface area contributed by atoms with Gasteiger partial charge in [0.2, 0.25) is 5.91 Å². The minimum absolute atomic E-state index is 0.0295. The fourth-order valence-corrected chi connectivity index (χ4v) is 2.39. The predicted molar refractivity (Wildman–Crippen MR) is 91.5 cm³/mol. The van der Waals surface area contributed by atoms with Gasteiger partial charge in [-0.1, -0.05) is 13.8 Å². The molecule has 0 aliphatic carbocycles. The van der Waals surface area contributed by atoms with Crippen molar-refractivity contribution in [2.24, 2.45) is 5.92 Å². The number of ether oxygens (including phenoxy) is 2. The van der Waals surface area contributed by atoms with Gasteiger partial charge in [0.15, 0.2) is 0 Å². The van der Waals surface area contributed by atoms with Crippen molar-refractivity contribution in [3.8, 4) is 11.5 Å². The van der Waals surface area contributed by atoms with Crippen molar-refractivity contribution in [3.63, 3.8) is 0 Å². The van der Waals surface area contributed by atoms with Gasteiger partial charge in [-0.3, -0.25) is 4.79 Å². The fraction of sp³-hybridized carbons (Fsp3) is 0.533. The van der Waals surface area contributed by atoms with Gasteiger partial charge in [0.25, 0.3) is 11.7 Å². The summed E-state index contributed by atoms with van der Waals surface area (Å²) in [6.45, 7) is 2.90. The lowest BCUT2D eigenvalue weighted by Gasteiger charge is -2.36. The van der Waals surface area contributed by atoms with E-state index >= 15 is 0 Å². The van der Waals surface area contributed by atoms with Crippen molar-refractivity contribution in [1.29, 1.82) is 0 Å². The third-order valence-electron chi connectivity index (χ3n) is 3.46. The van der Waals surface area contributed by atoms with Crippen molar-refractivity contribution in [2.75, 3.05) is 20.9 Å². The summed E-state index contributed by atoms with van der Waals surface area (Å²) in [5, 5.41) is 45.3. The van der Waals surface area contributed by atoms with E-state index in [1.165, 1.54) is 26.4 Å². The fourth-order valence-electron chi connectivity index (χ4n) is 1.90. The Morgan fingerprint density at radius 1 is 1.16 bits per heavy atom.